The van der Waals surface area contributed by atoms with Gasteiger partial charge in [0.05, 0.1) is 6.20 Å². The SMILES string of the molecule is Cn1cc(C(NC(=O)CC(F)(F)F)C(=O)O)cn1. The van der Waals surface area contributed by atoms with Crippen LogP contribution in [0.2, 0.25) is 0 Å². The zero-order chi connectivity index (χ0) is 13.9. The zero-order valence-electron chi connectivity index (χ0n) is 9.23. The number of aliphatic carboxylic acids is 1. The highest BCUT2D eigenvalue weighted by atomic mass is 19.4. The van der Waals surface area contributed by atoms with Gasteiger partial charge in [-0.1, -0.05) is 0 Å². The van der Waals surface area contributed by atoms with Crippen molar-refractivity contribution in [1.82, 2.24) is 15.1 Å². The summed E-state index contributed by atoms with van der Waals surface area (Å²) < 4.78 is 37.1. The maximum atomic E-state index is 11.9. The zero-order valence-corrected chi connectivity index (χ0v) is 9.23. The molecule has 1 heterocycles. The predicted molar refractivity (Wildman–Crippen MR) is 52.4 cm³/mol. The number of hydrogen-bond acceptors (Lipinski definition) is 3. The standard InChI is InChI=1S/C9H10F3N3O3/c1-15-4-5(3-13-15)7(8(17)18)14-6(16)2-9(10,11)12/h3-4,7H,2H2,1H3,(H,14,16)(H,17,18). The van der Waals surface area contributed by atoms with Gasteiger partial charge in [0.2, 0.25) is 5.91 Å². The van der Waals surface area contributed by atoms with Crippen molar-refractivity contribution >= 4 is 11.9 Å². The number of hydrogen-bond donors (Lipinski definition) is 2. The molecule has 6 nitrogen and oxygen atoms in total. The highest BCUT2D eigenvalue weighted by Gasteiger charge is 2.33. The number of nitrogens with one attached hydrogen (secondary N) is 1. The third-order valence-corrected chi connectivity index (χ3v) is 1.97. The lowest BCUT2D eigenvalue weighted by Crippen LogP contribution is -2.35. The highest BCUT2D eigenvalue weighted by molar-refractivity contribution is 5.84. The molecule has 1 aromatic heterocycles. The maximum absolute atomic E-state index is 11.9. The van der Waals surface area contributed by atoms with E-state index in [9.17, 15) is 22.8 Å². The fourth-order valence-electron chi connectivity index (χ4n) is 1.27. The molecule has 1 rings (SSSR count). The van der Waals surface area contributed by atoms with E-state index in [2.05, 4.69) is 5.10 Å². The second-order valence-corrected chi connectivity index (χ2v) is 3.58. The first-order valence-electron chi connectivity index (χ1n) is 4.76. The van der Waals surface area contributed by atoms with E-state index in [1.807, 2.05) is 0 Å². The molecule has 0 aliphatic carbocycles. The summed E-state index contributed by atoms with van der Waals surface area (Å²) in [5, 5.41) is 14.3. The van der Waals surface area contributed by atoms with Gasteiger partial charge in [0.25, 0.3) is 0 Å². The van der Waals surface area contributed by atoms with Crippen molar-refractivity contribution in [3.8, 4) is 0 Å². The fourth-order valence-corrected chi connectivity index (χ4v) is 1.27. The average Bonchev–Trinajstić information content (AvgIpc) is 2.57. The topological polar surface area (TPSA) is 84.2 Å². The molecule has 0 radical (unpaired) electrons. The number of carbonyl (C=O) groups is 2. The van der Waals surface area contributed by atoms with Gasteiger partial charge < -0.3 is 10.4 Å². The van der Waals surface area contributed by atoms with Crippen molar-refractivity contribution in [2.75, 3.05) is 0 Å². The predicted octanol–water partition coefficient (Wildman–Crippen LogP) is 0.614. The summed E-state index contributed by atoms with van der Waals surface area (Å²) in [5.74, 6) is -2.86. The number of carboxylic acids is 1. The van der Waals surface area contributed by atoms with E-state index in [0.717, 1.165) is 6.20 Å². The van der Waals surface area contributed by atoms with Crippen molar-refractivity contribution in [2.45, 2.75) is 18.6 Å². The van der Waals surface area contributed by atoms with E-state index in [-0.39, 0.29) is 5.56 Å². The van der Waals surface area contributed by atoms with Gasteiger partial charge in [0.15, 0.2) is 6.04 Å². The molecular formula is C9H10F3N3O3. The van der Waals surface area contributed by atoms with Gasteiger partial charge in [-0.25, -0.2) is 4.79 Å². The Morgan fingerprint density at radius 1 is 1.56 bits per heavy atom. The van der Waals surface area contributed by atoms with Crippen LogP contribution in [0.25, 0.3) is 0 Å². The Hall–Kier alpha value is -2.06. The first-order chi connectivity index (χ1) is 8.19. The normalized spacial score (nSPS) is 13.1. The van der Waals surface area contributed by atoms with Crippen LogP contribution in [0, 0.1) is 0 Å². The molecule has 0 aliphatic heterocycles. The number of alkyl halides is 3. The minimum atomic E-state index is -4.68. The van der Waals surface area contributed by atoms with Gasteiger partial charge in [0.1, 0.15) is 6.42 Å². The summed E-state index contributed by atoms with van der Waals surface area (Å²) >= 11 is 0. The highest BCUT2D eigenvalue weighted by Crippen LogP contribution is 2.20. The number of halogens is 3. The van der Waals surface area contributed by atoms with Crippen LogP contribution < -0.4 is 5.32 Å². The van der Waals surface area contributed by atoms with Crippen molar-refractivity contribution in [3.05, 3.63) is 18.0 Å². The average molecular weight is 265 g/mol. The van der Waals surface area contributed by atoms with Crippen LogP contribution in [-0.2, 0) is 16.6 Å². The van der Waals surface area contributed by atoms with E-state index >= 15 is 0 Å². The number of rotatable bonds is 4. The molecule has 0 saturated heterocycles. The van der Waals surface area contributed by atoms with E-state index in [4.69, 9.17) is 5.11 Å². The Bertz CT molecular complexity index is 455. The first-order valence-corrected chi connectivity index (χ1v) is 4.76. The van der Waals surface area contributed by atoms with Crippen LogP contribution in [0.15, 0.2) is 12.4 Å². The molecule has 1 unspecified atom stereocenters. The lowest BCUT2D eigenvalue weighted by atomic mass is 10.1. The molecule has 0 spiro atoms. The third kappa shape index (κ3) is 4.07. The van der Waals surface area contributed by atoms with Gasteiger partial charge in [-0.05, 0) is 0 Å². The monoisotopic (exact) mass is 265 g/mol. The van der Waals surface area contributed by atoms with Crippen molar-refractivity contribution in [1.29, 1.82) is 0 Å². The van der Waals surface area contributed by atoms with Crippen LogP contribution in [0.3, 0.4) is 0 Å². The van der Waals surface area contributed by atoms with E-state index < -0.39 is 30.5 Å². The Kier molecular flexibility index (Phi) is 3.94. The number of nitrogens with zero attached hydrogens (tertiary/aromatic N) is 2. The van der Waals surface area contributed by atoms with Gasteiger partial charge in [0, 0.05) is 18.8 Å². The molecule has 18 heavy (non-hydrogen) atoms. The summed E-state index contributed by atoms with van der Waals surface area (Å²) in [6, 6.07) is -1.55. The first kappa shape index (κ1) is 14.0. The van der Waals surface area contributed by atoms with Gasteiger partial charge in [-0.2, -0.15) is 18.3 Å². The van der Waals surface area contributed by atoms with Gasteiger partial charge in [-0.3, -0.25) is 9.48 Å². The van der Waals surface area contributed by atoms with E-state index in [0.29, 0.717) is 0 Å². The molecule has 0 bridgehead atoms. The van der Waals surface area contributed by atoms with Crippen LogP contribution in [0.5, 0.6) is 0 Å². The van der Waals surface area contributed by atoms with Gasteiger partial charge in [-0.15, -0.1) is 0 Å². The number of aromatic nitrogens is 2. The third-order valence-electron chi connectivity index (χ3n) is 1.97. The summed E-state index contributed by atoms with van der Waals surface area (Å²) in [7, 11) is 1.51. The van der Waals surface area contributed by atoms with Gasteiger partial charge >= 0.3 is 12.1 Å². The minimum Gasteiger partial charge on any atom is -0.479 e. The quantitative estimate of drug-likeness (QED) is 0.835. The lowest BCUT2D eigenvalue weighted by molar-refractivity contribution is -0.157. The molecule has 1 atom stereocenters. The lowest BCUT2D eigenvalue weighted by Gasteiger charge is -2.13. The Labute approximate surface area is 99.4 Å². The number of amides is 1. The van der Waals surface area contributed by atoms with Crippen LogP contribution in [0.4, 0.5) is 13.2 Å². The molecule has 1 amide bonds. The van der Waals surface area contributed by atoms with E-state index in [1.54, 1.807) is 5.32 Å². The van der Waals surface area contributed by atoms with Crippen LogP contribution >= 0.6 is 0 Å². The molecule has 100 valence electrons. The minimum absolute atomic E-state index is 0.0977. The van der Waals surface area contributed by atoms with Crippen molar-refractivity contribution in [3.63, 3.8) is 0 Å². The van der Waals surface area contributed by atoms with Crippen molar-refractivity contribution in [2.24, 2.45) is 7.05 Å². The number of aryl methyl sites for hydroxylation is 1. The summed E-state index contributed by atoms with van der Waals surface area (Å²) in [5.41, 5.74) is 0.0977. The molecule has 0 aliphatic rings. The van der Waals surface area contributed by atoms with Crippen molar-refractivity contribution < 1.29 is 27.9 Å². The summed E-state index contributed by atoms with van der Waals surface area (Å²) in [6.07, 6.45) is -3.95. The second-order valence-electron chi connectivity index (χ2n) is 3.58. The molecular weight excluding hydrogens is 255 g/mol. The second kappa shape index (κ2) is 5.07. The summed E-state index contributed by atoms with van der Waals surface area (Å²) in [6.45, 7) is 0. The Morgan fingerprint density at radius 3 is 2.56 bits per heavy atom. The Balaban J connectivity index is 2.76. The summed E-state index contributed by atoms with van der Waals surface area (Å²) in [4.78, 5) is 21.9. The molecule has 9 heteroatoms. The smallest absolute Gasteiger partial charge is 0.397 e. The van der Waals surface area contributed by atoms with E-state index in [1.165, 1.54) is 17.9 Å². The van der Waals surface area contributed by atoms with Crippen LogP contribution in [0.1, 0.15) is 18.0 Å². The fraction of sp³-hybridized carbons (Fsp3) is 0.444. The van der Waals surface area contributed by atoms with Crippen LogP contribution in [-0.4, -0.2) is 32.9 Å². The number of carbonyl (C=O) groups excluding carboxylic acids is 1. The molecule has 1 aromatic rings. The maximum Gasteiger partial charge on any atom is 0.397 e. The number of carboxylic acid groups (broad SMARTS) is 1. The molecule has 0 aromatic carbocycles. The Morgan fingerprint density at radius 2 is 2.17 bits per heavy atom. The largest absolute Gasteiger partial charge is 0.479 e. The molecule has 0 fully saturated rings. The molecule has 0 saturated carbocycles. The molecule has 2 N–H and O–H groups in total.